The zero-order valence-electron chi connectivity index (χ0n) is 18.3. The molecule has 0 bridgehead atoms. The van der Waals surface area contributed by atoms with Crippen molar-refractivity contribution in [3.8, 4) is 5.75 Å². The van der Waals surface area contributed by atoms with Crippen molar-refractivity contribution in [3.05, 3.63) is 121 Å². The Kier molecular flexibility index (Phi) is 7.69. The fraction of sp³-hybridized carbons (Fsp3) is 0.172. The van der Waals surface area contributed by atoms with Gasteiger partial charge in [0.2, 0.25) is 0 Å². The Balaban J connectivity index is 1.80. The van der Waals surface area contributed by atoms with Gasteiger partial charge in [0, 0.05) is 0 Å². The molecule has 3 heteroatoms. The van der Waals surface area contributed by atoms with Crippen LogP contribution >= 0.6 is 7.26 Å². The number of hydrogen-bond acceptors (Lipinski definition) is 1. The fourth-order valence-electron chi connectivity index (χ4n) is 4.59. The van der Waals surface area contributed by atoms with Crippen molar-refractivity contribution in [2.75, 3.05) is 19.4 Å². The Morgan fingerprint density at radius 1 is 0.625 bits per heavy atom. The van der Waals surface area contributed by atoms with E-state index in [1.807, 2.05) is 12.1 Å². The topological polar surface area (TPSA) is 9.23 Å². The first kappa shape index (κ1) is 22.2. The molecule has 0 aliphatic heterocycles. The summed E-state index contributed by atoms with van der Waals surface area (Å²) in [4.78, 5) is 0. The van der Waals surface area contributed by atoms with Crippen LogP contribution in [-0.2, 0) is 6.42 Å². The van der Waals surface area contributed by atoms with Gasteiger partial charge in [0.1, 0.15) is 0 Å². The third-order valence-corrected chi connectivity index (χ3v) is 11.1. The third kappa shape index (κ3) is 5.09. The molecule has 0 aromatic heterocycles. The Bertz CT molecular complexity index is 1040. The number of ether oxygens (including phenoxy) is 1. The number of aryl methyl sites for hydroxylation is 1. The second-order valence-corrected chi connectivity index (χ2v) is 12.1. The molecule has 0 atom stereocenters. The summed E-state index contributed by atoms with van der Waals surface area (Å²) in [6.07, 6.45) is 3.23. The Morgan fingerprint density at radius 2 is 1.19 bits per heavy atom. The van der Waals surface area contributed by atoms with Crippen LogP contribution in [0.4, 0.5) is 4.39 Å². The number of alkyl halides is 1. The number of rotatable bonds is 10. The minimum absolute atomic E-state index is 0.0860. The summed E-state index contributed by atoms with van der Waals surface area (Å²) >= 11 is 0. The van der Waals surface area contributed by atoms with Gasteiger partial charge in [-0.3, -0.25) is 0 Å². The molecule has 164 valence electrons. The molecule has 0 aliphatic rings. The van der Waals surface area contributed by atoms with Crippen molar-refractivity contribution >= 4 is 23.2 Å². The predicted octanol–water partition coefficient (Wildman–Crippen LogP) is 5.69. The standard InChI is InChI=1S/C29H30FOP/c30-21-22-31-26-15-10-20-29(24-26)32(27-16-6-2-7-17-27,28-18-8-3-9-19-28)23-11-14-25-12-4-1-5-13-25/h1-10,12-13,15-20,24,32H,11,14,21-23H2. The third-order valence-electron chi connectivity index (χ3n) is 6.07. The zero-order chi connectivity index (χ0) is 22.1. The van der Waals surface area contributed by atoms with E-state index in [4.69, 9.17) is 4.74 Å². The van der Waals surface area contributed by atoms with Crippen LogP contribution in [-0.4, -0.2) is 19.4 Å². The molecule has 0 saturated heterocycles. The molecular weight excluding hydrogens is 414 g/mol. The van der Waals surface area contributed by atoms with Crippen LogP contribution in [0.25, 0.3) is 0 Å². The van der Waals surface area contributed by atoms with Gasteiger partial charge in [-0.1, -0.05) is 0 Å². The zero-order valence-corrected chi connectivity index (χ0v) is 19.3. The summed E-state index contributed by atoms with van der Waals surface area (Å²) in [7, 11) is -2.32. The van der Waals surface area contributed by atoms with Gasteiger partial charge in [-0.25, -0.2) is 0 Å². The van der Waals surface area contributed by atoms with E-state index in [0.717, 1.165) is 24.8 Å². The van der Waals surface area contributed by atoms with Gasteiger partial charge in [-0.05, 0) is 0 Å². The molecule has 32 heavy (non-hydrogen) atoms. The number of benzene rings is 4. The molecule has 0 spiro atoms. The van der Waals surface area contributed by atoms with E-state index in [0.29, 0.717) is 0 Å². The van der Waals surface area contributed by atoms with Gasteiger partial charge in [0.25, 0.3) is 0 Å². The van der Waals surface area contributed by atoms with Crippen molar-refractivity contribution in [1.82, 2.24) is 0 Å². The molecule has 4 rings (SSSR count). The molecule has 0 aliphatic carbocycles. The van der Waals surface area contributed by atoms with Gasteiger partial charge < -0.3 is 0 Å². The van der Waals surface area contributed by atoms with E-state index < -0.39 is 13.9 Å². The van der Waals surface area contributed by atoms with Crippen LogP contribution in [0.5, 0.6) is 5.75 Å². The molecule has 1 nitrogen and oxygen atoms in total. The first-order chi connectivity index (χ1) is 15.8. The molecule has 0 radical (unpaired) electrons. The average Bonchev–Trinajstić information content (AvgIpc) is 2.87. The second kappa shape index (κ2) is 11.1. The van der Waals surface area contributed by atoms with Crippen molar-refractivity contribution in [3.63, 3.8) is 0 Å². The van der Waals surface area contributed by atoms with Crippen LogP contribution in [0.2, 0.25) is 0 Å². The van der Waals surface area contributed by atoms with Crippen molar-refractivity contribution in [2.45, 2.75) is 12.8 Å². The number of halogens is 1. The van der Waals surface area contributed by atoms with Gasteiger partial charge in [0.05, 0.1) is 0 Å². The van der Waals surface area contributed by atoms with Gasteiger partial charge in [-0.2, -0.15) is 0 Å². The van der Waals surface area contributed by atoms with Gasteiger partial charge in [-0.15, -0.1) is 0 Å². The summed E-state index contributed by atoms with van der Waals surface area (Å²) in [5.74, 6) is 0.743. The van der Waals surface area contributed by atoms with E-state index in [9.17, 15) is 4.39 Å². The summed E-state index contributed by atoms with van der Waals surface area (Å²) in [5, 5.41) is 4.09. The number of hydrogen-bond donors (Lipinski definition) is 0. The summed E-state index contributed by atoms with van der Waals surface area (Å²) in [6.45, 7) is -0.399. The molecule has 0 unspecified atom stereocenters. The molecule has 0 fully saturated rings. The fourth-order valence-corrected chi connectivity index (χ4v) is 9.45. The van der Waals surface area contributed by atoms with E-state index >= 15 is 0 Å². The van der Waals surface area contributed by atoms with E-state index in [1.54, 1.807) is 0 Å². The maximum atomic E-state index is 12.8. The van der Waals surface area contributed by atoms with E-state index in [2.05, 4.69) is 103 Å². The quantitative estimate of drug-likeness (QED) is 0.285. The van der Waals surface area contributed by atoms with Gasteiger partial charge in [0.15, 0.2) is 0 Å². The predicted molar refractivity (Wildman–Crippen MR) is 138 cm³/mol. The summed E-state index contributed by atoms with van der Waals surface area (Å²) < 4.78 is 18.4. The second-order valence-electron chi connectivity index (χ2n) is 8.04. The van der Waals surface area contributed by atoms with Crippen LogP contribution in [0.15, 0.2) is 115 Å². The first-order valence-corrected chi connectivity index (χ1v) is 13.5. The normalized spacial score (nSPS) is 11.8. The van der Waals surface area contributed by atoms with Crippen LogP contribution in [0, 0.1) is 0 Å². The van der Waals surface area contributed by atoms with Crippen LogP contribution in [0.1, 0.15) is 12.0 Å². The van der Waals surface area contributed by atoms with E-state index in [1.165, 1.54) is 21.5 Å². The Hall–Kier alpha value is -2.96. The molecule has 0 N–H and O–H groups in total. The summed E-state index contributed by atoms with van der Waals surface area (Å²) in [6, 6.07) is 40.9. The maximum absolute atomic E-state index is 12.8. The molecule has 4 aromatic rings. The SMILES string of the molecule is FCCOc1cccc([PH](CCCc2ccccc2)(c2ccccc2)c2ccccc2)c1. The van der Waals surface area contributed by atoms with Crippen molar-refractivity contribution in [2.24, 2.45) is 0 Å². The van der Waals surface area contributed by atoms with Crippen LogP contribution < -0.4 is 20.7 Å². The monoisotopic (exact) mass is 444 g/mol. The Morgan fingerprint density at radius 3 is 1.78 bits per heavy atom. The molecular formula is C29H30FOP. The first-order valence-electron chi connectivity index (χ1n) is 11.3. The average molecular weight is 445 g/mol. The molecule has 0 saturated carbocycles. The molecule has 4 aromatic carbocycles. The van der Waals surface area contributed by atoms with Gasteiger partial charge >= 0.3 is 191 Å². The Labute approximate surface area is 191 Å². The van der Waals surface area contributed by atoms with Crippen molar-refractivity contribution < 1.29 is 9.13 Å². The molecule has 0 heterocycles. The minimum atomic E-state index is -2.32. The molecule has 0 amide bonds. The van der Waals surface area contributed by atoms with Crippen LogP contribution in [0.3, 0.4) is 0 Å². The summed E-state index contributed by atoms with van der Waals surface area (Å²) in [5.41, 5.74) is 1.37. The van der Waals surface area contributed by atoms with Crippen molar-refractivity contribution in [1.29, 1.82) is 0 Å². The van der Waals surface area contributed by atoms with E-state index in [-0.39, 0.29) is 6.61 Å².